The van der Waals surface area contributed by atoms with Gasteiger partial charge in [0.05, 0.1) is 0 Å². The van der Waals surface area contributed by atoms with E-state index >= 15 is 0 Å². The summed E-state index contributed by atoms with van der Waals surface area (Å²) in [6, 6.07) is 1.20. The van der Waals surface area contributed by atoms with Gasteiger partial charge < -0.3 is 10.2 Å². The summed E-state index contributed by atoms with van der Waals surface area (Å²) in [5.41, 5.74) is 1.19. The highest BCUT2D eigenvalue weighted by atomic mass is 15.3. The number of rotatable bonds is 5. The average Bonchev–Trinajstić information content (AvgIpc) is 2.80. The molecule has 2 heterocycles. The van der Waals surface area contributed by atoms with Crippen molar-refractivity contribution >= 4 is 11.6 Å². The van der Waals surface area contributed by atoms with Crippen LogP contribution in [0.5, 0.6) is 0 Å². The van der Waals surface area contributed by atoms with Crippen LogP contribution in [0.4, 0.5) is 11.6 Å². The first-order chi connectivity index (χ1) is 9.58. The lowest BCUT2D eigenvalue weighted by Gasteiger charge is -2.31. The molecule has 1 saturated heterocycles. The number of aromatic nitrogens is 2. The number of aryl methyl sites for hydroxylation is 1. The molecule has 1 aliphatic heterocycles. The third-order valence-corrected chi connectivity index (χ3v) is 4.28. The van der Waals surface area contributed by atoms with E-state index in [2.05, 4.69) is 42.9 Å². The Bertz CT molecular complexity index is 458. The van der Waals surface area contributed by atoms with Crippen LogP contribution in [0.25, 0.3) is 0 Å². The first-order valence-electron chi connectivity index (χ1n) is 7.95. The van der Waals surface area contributed by atoms with Crippen LogP contribution >= 0.6 is 0 Å². The van der Waals surface area contributed by atoms with Gasteiger partial charge in [-0.05, 0) is 46.5 Å². The Morgan fingerprint density at radius 1 is 1.20 bits per heavy atom. The quantitative estimate of drug-likeness (QED) is 0.890. The molecule has 1 aliphatic rings. The zero-order chi connectivity index (χ0) is 14.7. The molecule has 1 aromatic heterocycles. The second-order valence-corrected chi connectivity index (χ2v) is 5.89. The van der Waals surface area contributed by atoms with Crippen molar-refractivity contribution in [2.75, 3.05) is 16.8 Å². The van der Waals surface area contributed by atoms with E-state index in [4.69, 9.17) is 4.98 Å². The van der Waals surface area contributed by atoms with E-state index in [1.54, 1.807) is 0 Å². The maximum absolute atomic E-state index is 4.75. The average molecular weight is 276 g/mol. The predicted molar refractivity (Wildman–Crippen MR) is 85.5 cm³/mol. The molecule has 0 amide bonds. The topological polar surface area (TPSA) is 41.1 Å². The third-order valence-electron chi connectivity index (χ3n) is 4.28. The molecule has 4 nitrogen and oxygen atoms in total. The molecule has 0 aromatic carbocycles. The van der Waals surface area contributed by atoms with Crippen molar-refractivity contribution < 1.29 is 0 Å². The monoisotopic (exact) mass is 276 g/mol. The molecule has 0 radical (unpaired) electrons. The van der Waals surface area contributed by atoms with E-state index in [0.717, 1.165) is 30.4 Å². The third kappa shape index (κ3) is 2.89. The summed E-state index contributed by atoms with van der Waals surface area (Å²) in [4.78, 5) is 11.8. The van der Waals surface area contributed by atoms with Gasteiger partial charge in [0.1, 0.15) is 17.5 Å². The molecule has 0 spiro atoms. The summed E-state index contributed by atoms with van der Waals surface area (Å²) in [6.07, 6.45) is 4.83. The van der Waals surface area contributed by atoms with Gasteiger partial charge in [0, 0.05) is 24.2 Å². The van der Waals surface area contributed by atoms with E-state index < -0.39 is 0 Å². The molecule has 112 valence electrons. The van der Waals surface area contributed by atoms with E-state index in [0.29, 0.717) is 12.1 Å². The molecule has 0 bridgehead atoms. The number of nitrogens with zero attached hydrogens (tertiary/aromatic N) is 3. The summed E-state index contributed by atoms with van der Waals surface area (Å²) in [7, 11) is 0. The van der Waals surface area contributed by atoms with Crippen LogP contribution in [0.1, 0.15) is 57.8 Å². The molecular formula is C16H28N4. The van der Waals surface area contributed by atoms with Crippen LogP contribution in [0.15, 0.2) is 0 Å². The molecule has 2 atom stereocenters. The summed E-state index contributed by atoms with van der Waals surface area (Å²) in [6.45, 7) is 11.9. The van der Waals surface area contributed by atoms with Gasteiger partial charge in [-0.2, -0.15) is 0 Å². The van der Waals surface area contributed by atoms with Crippen molar-refractivity contribution in [1.82, 2.24) is 9.97 Å². The lowest BCUT2D eigenvalue weighted by atomic mass is 10.1. The zero-order valence-corrected chi connectivity index (χ0v) is 13.5. The molecule has 4 heteroatoms. The van der Waals surface area contributed by atoms with Gasteiger partial charge in [0.25, 0.3) is 0 Å². The standard InChI is InChI=1S/C16H28N4/c1-6-10-17-15-12(4)16(19-13(5)18-15)20-11(3)8-9-14(20)7-2/h11,14H,6-10H2,1-5H3,(H,17,18,19). The van der Waals surface area contributed by atoms with E-state index in [9.17, 15) is 0 Å². The maximum atomic E-state index is 4.75. The highest BCUT2D eigenvalue weighted by Gasteiger charge is 2.32. The normalized spacial score (nSPS) is 22.4. The van der Waals surface area contributed by atoms with Crippen LogP contribution in [0, 0.1) is 13.8 Å². The number of hydrogen-bond acceptors (Lipinski definition) is 4. The minimum atomic E-state index is 0.576. The van der Waals surface area contributed by atoms with Gasteiger partial charge in [-0.15, -0.1) is 0 Å². The lowest BCUT2D eigenvalue weighted by molar-refractivity contribution is 0.617. The van der Waals surface area contributed by atoms with Crippen LogP contribution in [-0.4, -0.2) is 28.6 Å². The fraction of sp³-hybridized carbons (Fsp3) is 0.750. The van der Waals surface area contributed by atoms with Crippen molar-refractivity contribution in [2.24, 2.45) is 0 Å². The Kier molecular flexibility index (Phi) is 4.84. The smallest absolute Gasteiger partial charge is 0.137 e. The van der Waals surface area contributed by atoms with Crippen LogP contribution in [0.2, 0.25) is 0 Å². The van der Waals surface area contributed by atoms with Gasteiger partial charge in [-0.1, -0.05) is 13.8 Å². The largest absolute Gasteiger partial charge is 0.370 e. The van der Waals surface area contributed by atoms with Crippen molar-refractivity contribution in [1.29, 1.82) is 0 Å². The molecule has 1 fully saturated rings. The van der Waals surface area contributed by atoms with Crippen molar-refractivity contribution in [3.8, 4) is 0 Å². The van der Waals surface area contributed by atoms with Gasteiger partial charge in [0.2, 0.25) is 0 Å². The maximum Gasteiger partial charge on any atom is 0.137 e. The summed E-state index contributed by atoms with van der Waals surface area (Å²) >= 11 is 0. The Balaban J connectivity index is 2.37. The number of anilines is 2. The highest BCUT2D eigenvalue weighted by molar-refractivity contribution is 5.60. The predicted octanol–water partition coefficient (Wildman–Crippen LogP) is 3.68. The zero-order valence-electron chi connectivity index (χ0n) is 13.5. The number of hydrogen-bond donors (Lipinski definition) is 1. The van der Waals surface area contributed by atoms with E-state index in [1.165, 1.54) is 24.8 Å². The van der Waals surface area contributed by atoms with Crippen molar-refractivity contribution in [2.45, 2.75) is 72.4 Å². The molecule has 1 aromatic rings. The molecular weight excluding hydrogens is 248 g/mol. The Morgan fingerprint density at radius 3 is 2.60 bits per heavy atom. The molecule has 2 rings (SSSR count). The minimum Gasteiger partial charge on any atom is -0.370 e. The fourth-order valence-electron chi connectivity index (χ4n) is 3.13. The van der Waals surface area contributed by atoms with Gasteiger partial charge in [-0.3, -0.25) is 0 Å². The second-order valence-electron chi connectivity index (χ2n) is 5.89. The lowest BCUT2D eigenvalue weighted by Crippen LogP contribution is -2.35. The molecule has 2 unspecified atom stereocenters. The van der Waals surface area contributed by atoms with Crippen LogP contribution < -0.4 is 10.2 Å². The first-order valence-corrected chi connectivity index (χ1v) is 7.95. The van der Waals surface area contributed by atoms with Gasteiger partial charge in [0.15, 0.2) is 0 Å². The molecule has 20 heavy (non-hydrogen) atoms. The minimum absolute atomic E-state index is 0.576. The summed E-state index contributed by atoms with van der Waals surface area (Å²) in [5, 5.41) is 3.44. The summed E-state index contributed by atoms with van der Waals surface area (Å²) in [5.74, 6) is 2.99. The number of nitrogens with one attached hydrogen (secondary N) is 1. The second kappa shape index (κ2) is 6.42. The van der Waals surface area contributed by atoms with Gasteiger partial charge in [-0.25, -0.2) is 9.97 Å². The Hall–Kier alpha value is -1.32. The van der Waals surface area contributed by atoms with Crippen LogP contribution in [-0.2, 0) is 0 Å². The SMILES string of the molecule is CCCNc1nc(C)nc(N2C(C)CCC2CC)c1C. The highest BCUT2D eigenvalue weighted by Crippen LogP contribution is 2.34. The Labute approximate surface area is 123 Å². The van der Waals surface area contributed by atoms with Crippen molar-refractivity contribution in [3.05, 3.63) is 11.4 Å². The van der Waals surface area contributed by atoms with Gasteiger partial charge >= 0.3 is 0 Å². The van der Waals surface area contributed by atoms with E-state index in [1.807, 2.05) is 6.92 Å². The first kappa shape index (κ1) is 15.1. The van der Waals surface area contributed by atoms with Crippen molar-refractivity contribution in [3.63, 3.8) is 0 Å². The van der Waals surface area contributed by atoms with E-state index in [-0.39, 0.29) is 0 Å². The van der Waals surface area contributed by atoms with Crippen LogP contribution in [0.3, 0.4) is 0 Å². The fourth-order valence-corrected chi connectivity index (χ4v) is 3.13. The summed E-state index contributed by atoms with van der Waals surface area (Å²) < 4.78 is 0. The Morgan fingerprint density at radius 2 is 1.95 bits per heavy atom. The molecule has 0 saturated carbocycles. The molecule has 1 N–H and O–H groups in total. The molecule has 0 aliphatic carbocycles.